The quantitative estimate of drug-likeness (QED) is 0.650. The Morgan fingerprint density at radius 3 is 2.69 bits per heavy atom. The summed E-state index contributed by atoms with van der Waals surface area (Å²) >= 11 is 0. The van der Waals surface area contributed by atoms with Crippen LogP contribution in [-0.4, -0.2) is 39.3 Å². The molecule has 0 amide bonds. The second-order valence-corrected chi connectivity index (χ2v) is 3.92. The minimum atomic E-state index is -0.307. The third kappa shape index (κ3) is 1.99. The molecule has 0 spiro atoms. The molecule has 4 N–H and O–H groups in total. The molecule has 7 heteroatoms. The predicted molar refractivity (Wildman–Crippen MR) is 58.1 cm³/mol. The number of aliphatic hydroxyl groups is 1. The number of nitrogens with zero attached hydrogens (tertiary/aromatic N) is 3. The van der Waals surface area contributed by atoms with E-state index < -0.39 is 0 Å². The minimum absolute atomic E-state index is 0.0565. The summed E-state index contributed by atoms with van der Waals surface area (Å²) in [4.78, 5) is 11.8. The van der Waals surface area contributed by atoms with Gasteiger partial charge in [0, 0.05) is 0 Å². The molecule has 1 heterocycles. The van der Waals surface area contributed by atoms with E-state index in [-0.39, 0.29) is 24.1 Å². The number of rotatable bonds is 4. The second kappa shape index (κ2) is 4.09. The average Bonchev–Trinajstić information content (AvgIpc) is 2.22. The molecule has 0 radical (unpaired) electrons. The smallest absolute Gasteiger partial charge is 0.322 e. The van der Waals surface area contributed by atoms with Gasteiger partial charge < -0.3 is 20.9 Å². The Hall–Kier alpha value is -1.63. The summed E-state index contributed by atoms with van der Waals surface area (Å²) in [5.41, 5.74) is 5.20. The van der Waals surface area contributed by atoms with E-state index >= 15 is 0 Å². The first kappa shape index (κ1) is 10.9. The van der Waals surface area contributed by atoms with E-state index in [1.54, 1.807) is 0 Å². The number of hydrogen-bond acceptors (Lipinski definition) is 7. The molecule has 0 atom stereocenters. The van der Waals surface area contributed by atoms with Gasteiger partial charge in [-0.25, -0.2) is 0 Å². The molecule has 16 heavy (non-hydrogen) atoms. The van der Waals surface area contributed by atoms with E-state index in [0.717, 1.165) is 19.3 Å². The lowest BCUT2D eigenvalue weighted by Gasteiger charge is -2.40. The van der Waals surface area contributed by atoms with Crippen LogP contribution in [0.2, 0.25) is 0 Å². The fourth-order valence-electron chi connectivity index (χ4n) is 1.68. The number of aliphatic hydroxyl groups excluding tert-OH is 1. The van der Waals surface area contributed by atoms with Crippen molar-refractivity contribution >= 4 is 11.9 Å². The summed E-state index contributed by atoms with van der Waals surface area (Å²) in [5.74, 6) is 0.444. The number of nitrogens with two attached hydrogens (primary N) is 1. The van der Waals surface area contributed by atoms with Crippen molar-refractivity contribution < 1.29 is 9.84 Å². The summed E-state index contributed by atoms with van der Waals surface area (Å²) < 4.78 is 4.89. The van der Waals surface area contributed by atoms with E-state index in [1.165, 1.54) is 7.11 Å². The Labute approximate surface area is 93.1 Å². The van der Waals surface area contributed by atoms with E-state index in [4.69, 9.17) is 10.5 Å². The van der Waals surface area contributed by atoms with Crippen LogP contribution in [0, 0.1) is 0 Å². The van der Waals surface area contributed by atoms with Gasteiger partial charge in [-0.3, -0.25) is 0 Å². The maximum atomic E-state index is 9.30. The van der Waals surface area contributed by atoms with Gasteiger partial charge in [-0.15, -0.1) is 0 Å². The molecule has 0 bridgehead atoms. The Bertz CT molecular complexity index is 375. The van der Waals surface area contributed by atoms with Crippen molar-refractivity contribution in [1.82, 2.24) is 15.0 Å². The minimum Gasteiger partial charge on any atom is -0.467 e. The lowest BCUT2D eigenvalue weighted by molar-refractivity contribution is 0.143. The zero-order chi connectivity index (χ0) is 11.6. The van der Waals surface area contributed by atoms with E-state index in [1.807, 2.05) is 0 Å². The molecular formula is C9H15N5O2. The first-order valence-corrected chi connectivity index (χ1v) is 5.12. The maximum absolute atomic E-state index is 9.30. The number of hydrogen-bond donors (Lipinski definition) is 3. The van der Waals surface area contributed by atoms with E-state index in [0.29, 0.717) is 5.95 Å². The van der Waals surface area contributed by atoms with Crippen molar-refractivity contribution in [2.45, 2.75) is 24.8 Å². The van der Waals surface area contributed by atoms with Crippen LogP contribution in [0.25, 0.3) is 0 Å². The van der Waals surface area contributed by atoms with Crippen molar-refractivity contribution in [3.63, 3.8) is 0 Å². The van der Waals surface area contributed by atoms with Crippen molar-refractivity contribution in [2.75, 3.05) is 24.8 Å². The lowest BCUT2D eigenvalue weighted by atomic mass is 9.77. The first-order valence-electron chi connectivity index (χ1n) is 5.12. The molecule has 0 saturated heterocycles. The van der Waals surface area contributed by atoms with Crippen LogP contribution in [-0.2, 0) is 0 Å². The second-order valence-electron chi connectivity index (χ2n) is 3.92. The molecule has 0 aliphatic heterocycles. The van der Waals surface area contributed by atoms with Crippen LogP contribution in [0.5, 0.6) is 6.01 Å². The summed E-state index contributed by atoms with van der Waals surface area (Å²) in [7, 11) is 1.46. The van der Waals surface area contributed by atoms with Crippen LogP contribution in [0.1, 0.15) is 19.3 Å². The van der Waals surface area contributed by atoms with Crippen molar-refractivity contribution in [3.05, 3.63) is 0 Å². The largest absolute Gasteiger partial charge is 0.467 e. The van der Waals surface area contributed by atoms with Crippen LogP contribution in [0.15, 0.2) is 0 Å². The van der Waals surface area contributed by atoms with E-state index in [2.05, 4.69) is 20.3 Å². The molecule has 1 aliphatic carbocycles. The lowest BCUT2D eigenvalue weighted by Crippen LogP contribution is -2.48. The topological polar surface area (TPSA) is 106 Å². The SMILES string of the molecule is COc1nc(N)nc(NC2(CO)CCC2)n1. The molecule has 7 nitrogen and oxygen atoms in total. The normalized spacial score (nSPS) is 17.6. The van der Waals surface area contributed by atoms with E-state index in [9.17, 15) is 5.11 Å². The number of nitrogen functional groups attached to an aromatic ring is 1. The fraction of sp³-hybridized carbons (Fsp3) is 0.667. The standard InChI is InChI=1S/C9H15N5O2/c1-16-8-12-6(10)11-7(13-8)14-9(5-15)3-2-4-9/h15H,2-5H2,1H3,(H3,10,11,12,13,14). The maximum Gasteiger partial charge on any atom is 0.322 e. The summed E-state index contributed by atoms with van der Waals surface area (Å²) in [5, 5.41) is 12.4. The number of aromatic nitrogens is 3. The van der Waals surface area contributed by atoms with Crippen molar-refractivity contribution in [2.24, 2.45) is 0 Å². The Balaban J connectivity index is 2.17. The van der Waals surface area contributed by atoms with Gasteiger partial charge in [-0.1, -0.05) is 0 Å². The molecule has 1 aromatic rings. The highest BCUT2D eigenvalue weighted by atomic mass is 16.5. The monoisotopic (exact) mass is 225 g/mol. The molecular weight excluding hydrogens is 210 g/mol. The average molecular weight is 225 g/mol. The Kier molecular flexibility index (Phi) is 2.78. The molecule has 1 aromatic heterocycles. The highest BCUT2D eigenvalue weighted by Gasteiger charge is 2.37. The number of anilines is 2. The summed E-state index contributed by atoms with van der Waals surface area (Å²) in [6.07, 6.45) is 2.89. The van der Waals surface area contributed by atoms with Crippen LogP contribution in [0.3, 0.4) is 0 Å². The zero-order valence-electron chi connectivity index (χ0n) is 9.10. The predicted octanol–water partition coefficient (Wildman–Crippen LogP) is -0.211. The summed E-state index contributed by atoms with van der Waals surface area (Å²) in [6.45, 7) is 0.0565. The van der Waals surface area contributed by atoms with Crippen molar-refractivity contribution in [3.8, 4) is 6.01 Å². The van der Waals surface area contributed by atoms with Crippen LogP contribution < -0.4 is 15.8 Å². The number of nitrogens with one attached hydrogen (secondary N) is 1. The molecule has 1 fully saturated rings. The highest BCUT2D eigenvalue weighted by Crippen LogP contribution is 2.34. The fourth-order valence-corrected chi connectivity index (χ4v) is 1.68. The van der Waals surface area contributed by atoms with Crippen LogP contribution >= 0.6 is 0 Å². The highest BCUT2D eigenvalue weighted by molar-refractivity contribution is 5.36. The van der Waals surface area contributed by atoms with Crippen molar-refractivity contribution in [1.29, 1.82) is 0 Å². The summed E-state index contributed by atoms with van der Waals surface area (Å²) in [6, 6.07) is 0.169. The molecule has 1 aliphatic rings. The van der Waals surface area contributed by atoms with Gasteiger partial charge in [0.25, 0.3) is 0 Å². The van der Waals surface area contributed by atoms with Crippen LogP contribution in [0.4, 0.5) is 11.9 Å². The van der Waals surface area contributed by atoms with Gasteiger partial charge in [0.2, 0.25) is 11.9 Å². The van der Waals surface area contributed by atoms with Gasteiger partial charge in [0.15, 0.2) is 0 Å². The van der Waals surface area contributed by atoms with Gasteiger partial charge in [0.1, 0.15) is 0 Å². The molecule has 0 unspecified atom stereocenters. The molecule has 88 valence electrons. The van der Waals surface area contributed by atoms with Gasteiger partial charge in [0.05, 0.1) is 19.3 Å². The molecule has 1 saturated carbocycles. The number of methoxy groups -OCH3 is 1. The number of ether oxygens (including phenoxy) is 1. The Morgan fingerprint density at radius 1 is 1.44 bits per heavy atom. The third-order valence-corrected chi connectivity index (χ3v) is 2.81. The first-order chi connectivity index (χ1) is 7.67. The zero-order valence-corrected chi connectivity index (χ0v) is 9.10. The molecule has 2 rings (SSSR count). The van der Waals surface area contributed by atoms with Gasteiger partial charge in [-0.2, -0.15) is 15.0 Å². The third-order valence-electron chi connectivity index (χ3n) is 2.81. The molecule has 0 aromatic carbocycles. The van der Waals surface area contributed by atoms with Gasteiger partial charge >= 0.3 is 6.01 Å². The Morgan fingerprint density at radius 2 is 2.19 bits per heavy atom. The van der Waals surface area contributed by atoms with Gasteiger partial charge in [-0.05, 0) is 19.3 Å².